The van der Waals surface area contributed by atoms with E-state index in [2.05, 4.69) is 29.9 Å². The average Bonchev–Trinajstić information content (AvgIpc) is 3.72. The monoisotopic (exact) mass is 659 g/mol. The summed E-state index contributed by atoms with van der Waals surface area (Å²) in [7, 11) is -9.93. The molecule has 3 aliphatic rings. The Kier molecular flexibility index (Phi) is 7.06. The molecule has 3 aliphatic heterocycles. The molecule has 0 aliphatic carbocycles. The van der Waals surface area contributed by atoms with Gasteiger partial charge in [-0.3, -0.25) is 41.8 Å². The second kappa shape index (κ2) is 10.6. The van der Waals surface area contributed by atoms with Crippen LogP contribution in [0.1, 0.15) is 18.9 Å². The molecule has 7 rings (SSSR count). The normalized spacial score (nSPS) is 36.6. The number of aromatic nitrogens is 8. The molecule has 7 heterocycles. The summed E-state index contributed by atoms with van der Waals surface area (Å²) in [5, 5.41) is 11.0. The van der Waals surface area contributed by atoms with Gasteiger partial charge < -0.3 is 35.1 Å². The minimum Gasteiger partial charge on any atom is -0.387 e. The van der Waals surface area contributed by atoms with Crippen molar-refractivity contribution in [2.24, 2.45) is 0 Å². The number of nitrogens with zero attached hydrogens (tertiary/aromatic N) is 6. The van der Waals surface area contributed by atoms with Gasteiger partial charge in [0.15, 0.2) is 28.6 Å². The van der Waals surface area contributed by atoms with Gasteiger partial charge in [0.2, 0.25) is 5.95 Å². The lowest BCUT2D eigenvalue weighted by atomic mass is 10.1. The molecule has 44 heavy (non-hydrogen) atoms. The first-order chi connectivity index (χ1) is 20.9. The van der Waals surface area contributed by atoms with Crippen LogP contribution in [-0.4, -0.2) is 97.7 Å². The number of phosphoric acid groups is 2. The summed E-state index contributed by atoms with van der Waals surface area (Å²) in [5.74, 6) is -0.271. The number of nitrogen functional groups attached to an aromatic ring is 1. The fraction of sp³-hybridized carbons (Fsp3) is 0.500. The number of nitrogens with two attached hydrogens (primary N) is 1. The Hall–Kier alpha value is -3.40. The summed E-state index contributed by atoms with van der Waals surface area (Å²) >= 11 is 0. The van der Waals surface area contributed by atoms with Crippen LogP contribution in [0, 0.1) is 0 Å². The molecule has 236 valence electrons. The van der Waals surface area contributed by atoms with E-state index in [9.17, 15) is 33.6 Å². The zero-order valence-electron chi connectivity index (χ0n) is 22.0. The third-order valence-electron chi connectivity index (χ3n) is 7.22. The van der Waals surface area contributed by atoms with Crippen molar-refractivity contribution in [3.63, 3.8) is 0 Å². The second-order valence-electron chi connectivity index (χ2n) is 9.99. The number of hydrogen-bond acceptors (Lipinski definition) is 16. The number of aromatic amines is 2. The number of ether oxygens (including phenoxy) is 2. The maximum absolute atomic E-state index is 13.1. The fourth-order valence-electron chi connectivity index (χ4n) is 5.25. The SMILES string of the molecule is Nc1nc2c(ncn2[C@@H]2O[C@@H]3COP(=O)(O)OC4C[C@H](n5cnc6c(=O)[nH]cnc65)O[C@@H]4COP(=O)(O)O[C@H]2C3O)c(=O)[nH]1. The Bertz CT molecular complexity index is 1960. The van der Waals surface area contributed by atoms with Gasteiger partial charge in [0.25, 0.3) is 11.1 Å². The van der Waals surface area contributed by atoms with E-state index in [0.29, 0.717) is 0 Å². The lowest BCUT2D eigenvalue weighted by molar-refractivity contribution is -0.0670. The van der Waals surface area contributed by atoms with Crippen LogP contribution in [0.5, 0.6) is 0 Å². The van der Waals surface area contributed by atoms with Crippen LogP contribution in [0.2, 0.25) is 0 Å². The third kappa shape index (κ3) is 5.18. The highest BCUT2D eigenvalue weighted by molar-refractivity contribution is 7.47. The number of nitrogens with one attached hydrogen (secondary N) is 2. The Morgan fingerprint density at radius 3 is 2.34 bits per heavy atom. The summed E-state index contributed by atoms with van der Waals surface area (Å²) in [5.41, 5.74) is 4.35. The Balaban J connectivity index is 1.19. The van der Waals surface area contributed by atoms with Crippen LogP contribution < -0.4 is 16.9 Å². The van der Waals surface area contributed by atoms with E-state index in [1.54, 1.807) is 0 Å². The summed E-state index contributed by atoms with van der Waals surface area (Å²) in [6, 6.07) is 0. The molecule has 22 nitrogen and oxygen atoms in total. The number of aliphatic hydroxyl groups excluding tert-OH is 1. The molecule has 0 amide bonds. The topological polar surface area (TPSA) is 303 Å². The zero-order chi connectivity index (χ0) is 31.0. The van der Waals surface area contributed by atoms with E-state index >= 15 is 0 Å². The van der Waals surface area contributed by atoms with Crippen molar-refractivity contribution in [1.29, 1.82) is 0 Å². The van der Waals surface area contributed by atoms with Crippen molar-refractivity contribution in [1.82, 2.24) is 39.0 Å². The molecule has 2 bridgehead atoms. The molecule has 0 aromatic carbocycles. The van der Waals surface area contributed by atoms with Gasteiger partial charge in [-0.05, 0) is 0 Å². The molecule has 4 unspecified atom stereocenters. The van der Waals surface area contributed by atoms with Crippen molar-refractivity contribution in [2.75, 3.05) is 18.9 Å². The van der Waals surface area contributed by atoms with Crippen molar-refractivity contribution in [2.45, 2.75) is 49.4 Å². The minimum atomic E-state index is -5.03. The Morgan fingerprint density at radius 1 is 0.886 bits per heavy atom. The first-order valence-corrected chi connectivity index (χ1v) is 15.8. The standard InChI is InChI=1S/C20H23N9O13P2/c21-20-26-16-12(18(32)27-20)25-6-29(16)19-14-13(30)9(40-19)3-38-43(33,34)41-7-1-10(39-8(7)2-37-44(35,36)42-14)28-5-24-11-15(28)22-4-23-17(11)31/h4-10,13-14,19,30H,1-3H2,(H,33,34)(H,35,36)(H,22,23,31)(H3,21,26,27,32)/t7?,8-,9-,10-,13?,14+,19-/m1/s1. The predicted molar refractivity (Wildman–Crippen MR) is 140 cm³/mol. The maximum atomic E-state index is 13.1. The quantitative estimate of drug-likeness (QED) is 0.132. The highest BCUT2D eigenvalue weighted by Crippen LogP contribution is 2.53. The highest BCUT2D eigenvalue weighted by atomic mass is 31.2. The largest absolute Gasteiger partial charge is 0.472 e. The van der Waals surface area contributed by atoms with Crippen LogP contribution in [0.15, 0.2) is 28.6 Å². The third-order valence-corrected chi connectivity index (χ3v) is 9.22. The van der Waals surface area contributed by atoms with Crippen molar-refractivity contribution in [3.05, 3.63) is 39.7 Å². The number of fused-ring (bicyclic) bond motifs is 5. The molecule has 0 saturated carbocycles. The molecular weight excluding hydrogens is 636 g/mol. The average molecular weight is 659 g/mol. The van der Waals surface area contributed by atoms with Crippen molar-refractivity contribution >= 4 is 43.9 Å². The van der Waals surface area contributed by atoms with Gasteiger partial charge in [0.1, 0.15) is 36.7 Å². The Morgan fingerprint density at radius 2 is 1.57 bits per heavy atom. The van der Waals surface area contributed by atoms with E-state index in [1.807, 2.05) is 0 Å². The number of imidazole rings is 2. The van der Waals surface area contributed by atoms with Gasteiger partial charge in [-0.25, -0.2) is 24.1 Å². The Labute approximate surface area is 242 Å². The first-order valence-electron chi connectivity index (χ1n) is 12.8. The van der Waals surface area contributed by atoms with E-state index in [1.165, 1.54) is 10.9 Å². The van der Waals surface area contributed by atoms with Crippen LogP contribution in [0.25, 0.3) is 22.3 Å². The van der Waals surface area contributed by atoms with Crippen LogP contribution in [0.3, 0.4) is 0 Å². The van der Waals surface area contributed by atoms with Gasteiger partial charge in [0.05, 0.1) is 32.2 Å². The van der Waals surface area contributed by atoms with Gasteiger partial charge in [-0.15, -0.1) is 0 Å². The summed E-state index contributed by atoms with van der Waals surface area (Å²) in [6.07, 6.45) is -6.29. The molecule has 3 saturated heterocycles. The lowest BCUT2D eigenvalue weighted by Crippen LogP contribution is -2.35. The molecule has 24 heteroatoms. The summed E-state index contributed by atoms with van der Waals surface area (Å²) in [6.45, 7) is -1.44. The van der Waals surface area contributed by atoms with Crippen molar-refractivity contribution in [3.8, 4) is 0 Å². The van der Waals surface area contributed by atoms with E-state index in [4.69, 9.17) is 33.3 Å². The fourth-order valence-corrected chi connectivity index (χ4v) is 7.14. The summed E-state index contributed by atoms with van der Waals surface area (Å²) in [4.78, 5) is 66.3. The first kappa shape index (κ1) is 29.3. The van der Waals surface area contributed by atoms with Gasteiger partial charge in [-0.2, -0.15) is 4.98 Å². The highest BCUT2D eigenvalue weighted by Gasteiger charge is 2.52. The molecule has 4 aromatic rings. The van der Waals surface area contributed by atoms with Crippen LogP contribution in [-0.2, 0) is 36.7 Å². The number of hydrogen-bond donors (Lipinski definition) is 6. The van der Waals surface area contributed by atoms with Crippen LogP contribution >= 0.6 is 15.6 Å². The zero-order valence-corrected chi connectivity index (χ0v) is 23.8. The predicted octanol–water partition coefficient (Wildman–Crippen LogP) is -1.60. The molecule has 0 radical (unpaired) electrons. The molecular formula is C20H23N9O13P2. The number of rotatable bonds is 2. The van der Waals surface area contributed by atoms with Gasteiger partial charge in [-0.1, -0.05) is 0 Å². The minimum absolute atomic E-state index is 0.0107. The maximum Gasteiger partial charge on any atom is 0.472 e. The van der Waals surface area contributed by atoms with E-state index in [0.717, 1.165) is 17.2 Å². The van der Waals surface area contributed by atoms with E-state index < -0.39 is 83.0 Å². The number of H-pyrrole nitrogens is 2. The molecule has 3 fully saturated rings. The molecule has 7 N–H and O–H groups in total. The van der Waals surface area contributed by atoms with Crippen LogP contribution in [0.4, 0.5) is 5.95 Å². The number of anilines is 1. The van der Waals surface area contributed by atoms with Crippen molar-refractivity contribution < 1.29 is 51.6 Å². The molecule has 9 atom stereocenters. The number of phosphoric ester groups is 2. The van der Waals surface area contributed by atoms with E-state index in [-0.39, 0.29) is 34.7 Å². The molecule has 0 spiro atoms. The lowest BCUT2D eigenvalue weighted by Gasteiger charge is -2.25. The summed E-state index contributed by atoms with van der Waals surface area (Å²) < 4.78 is 61.4. The van der Waals surface area contributed by atoms with Gasteiger partial charge >= 0.3 is 15.6 Å². The smallest absolute Gasteiger partial charge is 0.387 e. The number of aliphatic hydroxyl groups is 1. The molecule has 4 aromatic heterocycles. The van der Waals surface area contributed by atoms with Gasteiger partial charge in [0, 0.05) is 6.42 Å². The second-order valence-corrected chi connectivity index (χ2v) is 12.8.